The maximum Gasteiger partial charge on any atom is 0.111 e. The van der Waals surface area contributed by atoms with Crippen molar-refractivity contribution in [1.29, 1.82) is 0 Å². The summed E-state index contributed by atoms with van der Waals surface area (Å²) in [6, 6.07) is 15.6. The Bertz CT molecular complexity index is 580. The number of halogens is 2. The van der Waals surface area contributed by atoms with Crippen molar-refractivity contribution in [2.45, 2.75) is 25.0 Å². The fourth-order valence-electron chi connectivity index (χ4n) is 2.74. The molecule has 0 bridgehead atoms. The van der Waals surface area contributed by atoms with Crippen molar-refractivity contribution in [3.8, 4) is 0 Å². The van der Waals surface area contributed by atoms with Crippen molar-refractivity contribution in [3.63, 3.8) is 0 Å². The molecule has 3 rings (SSSR count). The molecule has 1 aliphatic heterocycles. The maximum atomic E-state index is 6.40. The zero-order valence-corrected chi connectivity index (χ0v) is 13.7. The highest BCUT2D eigenvalue weighted by Gasteiger charge is 2.25. The third-order valence-electron chi connectivity index (χ3n) is 3.92. The van der Waals surface area contributed by atoms with Gasteiger partial charge in [-0.05, 0) is 25.0 Å². The van der Waals surface area contributed by atoms with Gasteiger partial charge in [-0.1, -0.05) is 59.6 Å². The monoisotopic (exact) mass is 334 g/mol. The van der Waals surface area contributed by atoms with Crippen LogP contribution in [0.3, 0.4) is 0 Å². The zero-order valence-electron chi connectivity index (χ0n) is 12.2. The first-order valence-corrected chi connectivity index (χ1v) is 8.29. The number of hydrogen-bond acceptors (Lipinski definition) is 1. The molecule has 0 spiro atoms. The van der Waals surface area contributed by atoms with E-state index in [9.17, 15) is 0 Å². The maximum absolute atomic E-state index is 6.40. The second kappa shape index (κ2) is 7.47. The Morgan fingerprint density at radius 1 is 0.864 bits per heavy atom. The molecule has 0 aliphatic carbocycles. The molecule has 1 aliphatic rings. The molecular weight excluding hydrogens is 317 g/mol. The Morgan fingerprint density at radius 2 is 1.36 bits per heavy atom. The van der Waals surface area contributed by atoms with Gasteiger partial charge in [0.05, 0.1) is 6.10 Å². The molecule has 0 saturated carbocycles. The van der Waals surface area contributed by atoms with Crippen LogP contribution in [0.15, 0.2) is 48.5 Å². The first kappa shape index (κ1) is 15.8. The lowest BCUT2D eigenvalue weighted by molar-refractivity contribution is -0.00840. The standard InChI is InChI=1S/C18H18Cl2NO/c19-16-7-3-1-5-14(16)18(15-6-2-4-8-17(15)20)22-13-9-11-21-12-10-13/h1-8,13,18H,9-12H2. The first-order chi connectivity index (χ1) is 10.8. The predicted octanol–water partition coefficient (Wildman–Crippen LogP) is 4.87. The fourth-order valence-corrected chi connectivity index (χ4v) is 3.21. The van der Waals surface area contributed by atoms with E-state index in [0.717, 1.165) is 37.1 Å². The van der Waals surface area contributed by atoms with E-state index in [4.69, 9.17) is 27.9 Å². The molecule has 4 heteroatoms. The van der Waals surface area contributed by atoms with Crippen LogP contribution in [0, 0.1) is 0 Å². The number of rotatable bonds is 4. The summed E-state index contributed by atoms with van der Waals surface area (Å²) in [5.41, 5.74) is 1.92. The van der Waals surface area contributed by atoms with Crippen LogP contribution in [0.2, 0.25) is 10.0 Å². The summed E-state index contributed by atoms with van der Waals surface area (Å²) >= 11 is 12.8. The van der Waals surface area contributed by atoms with Gasteiger partial charge in [-0.2, -0.15) is 0 Å². The summed E-state index contributed by atoms with van der Waals surface area (Å²) in [5, 5.41) is 5.79. The molecule has 1 radical (unpaired) electrons. The van der Waals surface area contributed by atoms with E-state index in [-0.39, 0.29) is 12.2 Å². The summed E-state index contributed by atoms with van der Waals surface area (Å²) in [7, 11) is 0. The molecule has 0 aromatic heterocycles. The van der Waals surface area contributed by atoms with E-state index in [1.54, 1.807) is 0 Å². The van der Waals surface area contributed by atoms with E-state index in [1.807, 2.05) is 48.5 Å². The number of benzene rings is 2. The highest BCUT2D eigenvalue weighted by atomic mass is 35.5. The molecule has 0 unspecified atom stereocenters. The molecule has 2 aromatic carbocycles. The molecule has 0 amide bonds. The summed E-state index contributed by atoms with van der Waals surface area (Å²) in [5.74, 6) is 0. The first-order valence-electron chi connectivity index (χ1n) is 7.53. The molecule has 0 N–H and O–H groups in total. The smallest absolute Gasteiger partial charge is 0.111 e. The lowest BCUT2D eigenvalue weighted by Crippen LogP contribution is -2.29. The van der Waals surface area contributed by atoms with E-state index in [1.165, 1.54) is 0 Å². The Balaban J connectivity index is 1.95. The minimum atomic E-state index is -0.245. The largest absolute Gasteiger partial charge is 0.365 e. The normalized spacial score (nSPS) is 16.1. The van der Waals surface area contributed by atoms with Crippen molar-refractivity contribution >= 4 is 23.2 Å². The summed E-state index contributed by atoms with van der Waals surface area (Å²) in [6.07, 6.45) is 1.84. The van der Waals surface area contributed by atoms with Gasteiger partial charge in [0.1, 0.15) is 6.10 Å². The fraction of sp³-hybridized carbons (Fsp3) is 0.333. The van der Waals surface area contributed by atoms with E-state index in [0.29, 0.717) is 10.0 Å². The molecule has 1 heterocycles. The van der Waals surface area contributed by atoms with Crippen LogP contribution in [0.25, 0.3) is 0 Å². The second-order valence-corrected chi connectivity index (χ2v) is 6.24. The summed E-state index contributed by atoms with van der Waals surface area (Å²) < 4.78 is 6.40. The number of piperidine rings is 1. The van der Waals surface area contributed by atoms with E-state index >= 15 is 0 Å². The average molecular weight is 335 g/mol. The highest BCUT2D eigenvalue weighted by Crippen LogP contribution is 2.36. The Kier molecular flexibility index (Phi) is 5.37. The SMILES string of the molecule is Clc1ccccc1C(OC1CC[N]CC1)c1ccccc1Cl. The molecule has 1 fully saturated rings. The molecule has 1 saturated heterocycles. The van der Waals surface area contributed by atoms with Crippen LogP contribution in [-0.2, 0) is 4.74 Å². The van der Waals surface area contributed by atoms with Gasteiger partial charge in [0.15, 0.2) is 0 Å². The Morgan fingerprint density at radius 3 is 1.86 bits per heavy atom. The van der Waals surface area contributed by atoms with Gasteiger partial charge in [0, 0.05) is 34.3 Å². The number of hydrogen-bond donors (Lipinski definition) is 0. The van der Waals surface area contributed by atoms with Crippen LogP contribution in [-0.4, -0.2) is 19.2 Å². The van der Waals surface area contributed by atoms with E-state index in [2.05, 4.69) is 5.32 Å². The van der Waals surface area contributed by atoms with Crippen LogP contribution < -0.4 is 5.32 Å². The third kappa shape index (κ3) is 3.64. The average Bonchev–Trinajstić information content (AvgIpc) is 2.55. The Hall–Kier alpha value is -1.06. The number of nitrogens with zero attached hydrogens (tertiary/aromatic N) is 1. The molecule has 2 nitrogen and oxygen atoms in total. The van der Waals surface area contributed by atoms with Gasteiger partial charge >= 0.3 is 0 Å². The third-order valence-corrected chi connectivity index (χ3v) is 4.61. The van der Waals surface area contributed by atoms with Crippen LogP contribution in [0.1, 0.15) is 30.1 Å². The lowest BCUT2D eigenvalue weighted by Gasteiger charge is -2.29. The second-order valence-electron chi connectivity index (χ2n) is 5.43. The van der Waals surface area contributed by atoms with Gasteiger partial charge in [-0.15, -0.1) is 0 Å². The van der Waals surface area contributed by atoms with Crippen molar-refractivity contribution in [2.75, 3.05) is 13.1 Å². The topological polar surface area (TPSA) is 23.3 Å². The lowest BCUT2D eigenvalue weighted by atomic mass is 10.00. The van der Waals surface area contributed by atoms with Gasteiger partial charge < -0.3 is 4.74 Å². The van der Waals surface area contributed by atoms with Crippen LogP contribution >= 0.6 is 23.2 Å². The van der Waals surface area contributed by atoms with Gasteiger partial charge in [0.2, 0.25) is 0 Å². The summed E-state index contributed by atoms with van der Waals surface area (Å²) in [6.45, 7) is 1.73. The van der Waals surface area contributed by atoms with Crippen molar-refractivity contribution in [2.24, 2.45) is 0 Å². The Labute approximate surface area is 141 Å². The molecule has 2 aromatic rings. The van der Waals surface area contributed by atoms with Crippen LogP contribution in [0.5, 0.6) is 0 Å². The minimum Gasteiger partial charge on any atom is -0.365 e. The number of ether oxygens (including phenoxy) is 1. The zero-order chi connectivity index (χ0) is 15.4. The minimum absolute atomic E-state index is 0.190. The summed E-state index contributed by atoms with van der Waals surface area (Å²) in [4.78, 5) is 0. The molecular formula is C18H18Cl2NO. The van der Waals surface area contributed by atoms with Crippen LogP contribution in [0.4, 0.5) is 0 Å². The van der Waals surface area contributed by atoms with Gasteiger partial charge in [-0.3, -0.25) is 0 Å². The molecule has 0 atom stereocenters. The van der Waals surface area contributed by atoms with Crippen molar-refractivity contribution < 1.29 is 4.74 Å². The molecule has 22 heavy (non-hydrogen) atoms. The highest BCUT2D eigenvalue weighted by molar-refractivity contribution is 6.32. The quantitative estimate of drug-likeness (QED) is 0.782. The van der Waals surface area contributed by atoms with E-state index < -0.39 is 0 Å². The van der Waals surface area contributed by atoms with Crippen molar-refractivity contribution in [1.82, 2.24) is 5.32 Å². The van der Waals surface area contributed by atoms with Gasteiger partial charge in [-0.25, -0.2) is 5.32 Å². The van der Waals surface area contributed by atoms with Crippen molar-refractivity contribution in [3.05, 3.63) is 69.7 Å². The molecule has 115 valence electrons. The van der Waals surface area contributed by atoms with Gasteiger partial charge in [0.25, 0.3) is 0 Å². The predicted molar refractivity (Wildman–Crippen MR) is 90.7 cm³/mol.